The highest BCUT2D eigenvalue weighted by molar-refractivity contribution is 5.90. The SMILES string of the molecule is Cc1ccc(NC(=O)N2CCC[C@H](C(=O)O)C2)c(C)n1. The number of nitrogens with zero attached hydrogens (tertiary/aromatic N) is 2. The zero-order valence-corrected chi connectivity index (χ0v) is 11.7. The van der Waals surface area contributed by atoms with E-state index in [9.17, 15) is 9.59 Å². The molecule has 0 spiro atoms. The van der Waals surface area contributed by atoms with Crippen molar-refractivity contribution in [3.05, 3.63) is 23.5 Å². The maximum absolute atomic E-state index is 12.2. The Morgan fingerprint density at radius 1 is 1.40 bits per heavy atom. The zero-order valence-electron chi connectivity index (χ0n) is 11.7. The van der Waals surface area contributed by atoms with Crippen LogP contribution in [0.5, 0.6) is 0 Å². The van der Waals surface area contributed by atoms with E-state index in [1.54, 1.807) is 4.90 Å². The summed E-state index contributed by atoms with van der Waals surface area (Å²) >= 11 is 0. The largest absolute Gasteiger partial charge is 0.481 e. The molecule has 1 atom stereocenters. The first-order valence-corrected chi connectivity index (χ1v) is 6.70. The number of rotatable bonds is 2. The van der Waals surface area contributed by atoms with E-state index in [1.165, 1.54) is 0 Å². The molecule has 0 aliphatic carbocycles. The lowest BCUT2D eigenvalue weighted by Crippen LogP contribution is -2.44. The van der Waals surface area contributed by atoms with Crippen LogP contribution in [-0.4, -0.2) is 40.1 Å². The minimum atomic E-state index is -0.837. The first-order chi connectivity index (χ1) is 9.47. The van der Waals surface area contributed by atoms with Crippen LogP contribution in [0.4, 0.5) is 10.5 Å². The van der Waals surface area contributed by atoms with E-state index in [0.29, 0.717) is 18.7 Å². The van der Waals surface area contributed by atoms with Gasteiger partial charge in [-0.15, -0.1) is 0 Å². The number of likely N-dealkylation sites (tertiary alicyclic amines) is 1. The van der Waals surface area contributed by atoms with Crippen molar-refractivity contribution in [3.63, 3.8) is 0 Å². The smallest absolute Gasteiger partial charge is 0.321 e. The number of carbonyl (C=O) groups is 2. The Hall–Kier alpha value is -2.11. The Balaban J connectivity index is 2.02. The van der Waals surface area contributed by atoms with Crippen LogP contribution < -0.4 is 5.32 Å². The highest BCUT2D eigenvalue weighted by atomic mass is 16.4. The third kappa shape index (κ3) is 3.26. The second-order valence-electron chi connectivity index (χ2n) is 5.14. The molecule has 0 saturated carbocycles. The summed E-state index contributed by atoms with van der Waals surface area (Å²) in [6.07, 6.45) is 1.35. The second kappa shape index (κ2) is 5.90. The van der Waals surface area contributed by atoms with Gasteiger partial charge >= 0.3 is 12.0 Å². The van der Waals surface area contributed by atoms with E-state index in [1.807, 2.05) is 26.0 Å². The maximum atomic E-state index is 12.2. The Labute approximate surface area is 117 Å². The van der Waals surface area contributed by atoms with Crippen molar-refractivity contribution >= 4 is 17.7 Å². The number of carboxylic acid groups (broad SMARTS) is 1. The van der Waals surface area contributed by atoms with Crippen LogP contribution in [0, 0.1) is 19.8 Å². The number of carbonyl (C=O) groups excluding carboxylic acids is 1. The molecule has 6 heteroatoms. The molecule has 1 aromatic heterocycles. The summed E-state index contributed by atoms with van der Waals surface area (Å²) in [5, 5.41) is 11.8. The van der Waals surface area contributed by atoms with E-state index < -0.39 is 11.9 Å². The monoisotopic (exact) mass is 277 g/mol. The van der Waals surface area contributed by atoms with Crippen LogP contribution in [0.1, 0.15) is 24.2 Å². The highest BCUT2D eigenvalue weighted by Crippen LogP contribution is 2.19. The first kappa shape index (κ1) is 14.3. The van der Waals surface area contributed by atoms with Crippen LogP contribution in [0.15, 0.2) is 12.1 Å². The van der Waals surface area contributed by atoms with E-state index in [-0.39, 0.29) is 12.6 Å². The number of anilines is 1. The third-order valence-corrected chi connectivity index (χ3v) is 3.52. The lowest BCUT2D eigenvalue weighted by molar-refractivity contribution is -0.143. The van der Waals surface area contributed by atoms with E-state index in [0.717, 1.165) is 17.8 Å². The number of aromatic nitrogens is 1. The molecule has 0 bridgehead atoms. The molecule has 20 heavy (non-hydrogen) atoms. The quantitative estimate of drug-likeness (QED) is 0.866. The minimum Gasteiger partial charge on any atom is -0.481 e. The van der Waals surface area contributed by atoms with E-state index in [2.05, 4.69) is 10.3 Å². The summed E-state index contributed by atoms with van der Waals surface area (Å²) in [4.78, 5) is 29.0. The fraction of sp³-hybridized carbons (Fsp3) is 0.500. The van der Waals surface area contributed by atoms with Gasteiger partial charge in [0.25, 0.3) is 0 Å². The molecule has 2 heterocycles. The number of aryl methyl sites for hydroxylation is 2. The Morgan fingerprint density at radius 2 is 2.15 bits per heavy atom. The Kier molecular flexibility index (Phi) is 4.22. The highest BCUT2D eigenvalue weighted by Gasteiger charge is 2.28. The van der Waals surface area contributed by atoms with Gasteiger partial charge < -0.3 is 15.3 Å². The molecular formula is C14H19N3O3. The van der Waals surface area contributed by atoms with Crippen LogP contribution in [0.2, 0.25) is 0 Å². The minimum absolute atomic E-state index is 0.260. The molecule has 2 N–H and O–H groups in total. The Morgan fingerprint density at radius 3 is 2.80 bits per heavy atom. The first-order valence-electron chi connectivity index (χ1n) is 6.70. The van der Waals surface area contributed by atoms with Gasteiger partial charge in [0, 0.05) is 18.8 Å². The van der Waals surface area contributed by atoms with Crippen molar-refractivity contribution in [3.8, 4) is 0 Å². The van der Waals surface area contributed by atoms with Crippen LogP contribution >= 0.6 is 0 Å². The number of pyridine rings is 1. The molecule has 1 aliphatic rings. The molecular weight excluding hydrogens is 258 g/mol. The van der Waals surface area contributed by atoms with Crippen LogP contribution in [0.3, 0.4) is 0 Å². The maximum Gasteiger partial charge on any atom is 0.321 e. The average Bonchev–Trinajstić information content (AvgIpc) is 2.42. The number of nitrogens with one attached hydrogen (secondary N) is 1. The standard InChI is InChI=1S/C14H19N3O3/c1-9-5-6-12(10(2)15-9)16-14(20)17-7-3-4-11(8-17)13(18)19/h5-6,11H,3-4,7-8H2,1-2H3,(H,16,20)(H,18,19)/t11-/m0/s1. The average molecular weight is 277 g/mol. The van der Waals surface area contributed by atoms with Gasteiger partial charge in [-0.1, -0.05) is 0 Å². The number of amides is 2. The normalized spacial score (nSPS) is 18.7. The molecule has 6 nitrogen and oxygen atoms in total. The van der Waals surface area contributed by atoms with E-state index >= 15 is 0 Å². The molecule has 0 aromatic carbocycles. The van der Waals surface area contributed by atoms with Crippen LogP contribution in [0.25, 0.3) is 0 Å². The fourth-order valence-electron chi connectivity index (χ4n) is 2.38. The topological polar surface area (TPSA) is 82.5 Å². The van der Waals surface area contributed by atoms with Gasteiger partial charge in [0.2, 0.25) is 0 Å². The van der Waals surface area contributed by atoms with Crippen molar-refractivity contribution in [2.45, 2.75) is 26.7 Å². The summed E-state index contributed by atoms with van der Waals surface area (Å²) in [6, 6.07) is 3.39. The third-order valence-electron chi connectivity index (χ3n) is 3.52. The van der Waals surface area contributed by atoms with Crippen molar-refractivity contribution in [2.24, 2.45) is 5.92 Å². The number of carboxylic acids is 1. The Bertz CT molecular complexity index is 530. The van der Waals surface area contributed by atoms with Gasteiger partial charge in [0.1, 0.15) is 0 Å². The molecule has 2 rings (SSSR count). The van der Waals surface area contributed by atoms with Gasteiger partial charge in [-0.2, -0.15) is 0 Å². The molecule has 0 radical (unpaired) electrons. The molecule has 1 saturated heterocycles. The van der Waals surface area contributed by atoms with Crippen molar-refractivity contribution in [2.75, 3.05) is 18.4 Å². The number of piperidine rings is 1. The lowest BCUT2D eigenvalue weighted by atomic mass is 9.99. The van der Waals surface area contributed by atoms with Crippen molar-refractivity contribution in [1.82, 2.24) is 9.88 Å². The summed E-state index contributed by atoms with van der Waals surface area (Å²) < 4.78 is 0. The molecule has 1 aliphatic heterocycles. The van der Waals surface area contributed by atoms with Gasteiger partial charge in [-0.05, 0) is 38.8 Å². The number of hydrogen-bond donors (Lipinski definition) is 2. The van der Waals surface area contributed by atoms with Gasteiger partial charge in [0.05, 0.1) is 17.3 Å². The summed E-state index contributed by atoms with van der Waals surface area (Å²) in [7, 11) is 0. The molecule has 0 unspecified atom stereocenters. The predicted molar refractivity (Wildman–Crippen MR) is 74.7 cm³/mol. The molecule has 1 fully saturated rings. The number of urea groups is 1. The van der Waals surface area contributed by atoms with Crippen molar-refractivity contribution < 1.29 is 14.7 Å². The molecule has 1 aromatic rings. The predicted octanol–water partition coefficient (Wildman–Crippen LogP) is 2.03. The van der Waals surface area contributed by atoms with Crippen LogP contribution in [-0.2, 0) is 4.79 Å². The number of hydrogen-bond acceptors (Lipinski definition) is 3. The second-order valence-corrected chi connectivity index (χ2v) is 5.14. The summed E-state index contributed by atoms with van der Waals surface area (Å²) in [5.74, 6) is -1.30. The van der Waals surface area contributed by atoms with Gasteiger partial charge in [-0.3, -0.25) is 9.78 Å². The van der Waals surface area contributed by atoms with Crippen molar-refractivity contribution in [1.29, 1.82) is 0 Å². The number of aliphatic carboxylic acids is 1. The zero-order chi connectivity index (χ0) is 14.7. The lowest BCUT2D eigenvalue weighted by Gasteiger charge is -2.30. The molecule has 108 valence electrons. The van der Waals surface area contributed by atoms with E-state index in [4.69, 9.17) is 5.11 Å². The summed E-state index contributed by atoms with van der Waals surface area (Å²) in [6.45, 7) is 4.58. The summed E-state index contributed by atoms with van der Waals surface area (Å²) in [5.41, 5.74) is 2.31. The fourth-order valence-corrected chi connectivity index (χ4v) is 2.38. The van der Waals surface area contributed by atoms with Gasteiger partial charge in [-0.25, -0.2) is 4.79 Å². The van der Waals surface area contributed by atoms with Gasteiger partial charge in [0.15, 0.2) is 0 Å². The molecule has 2 amide bonds.